The van der Waals surface area contributed by atoms with E-state index in [4.69, 9.17) is 0 Å². The zero-order valence-corrected chi connectivity index (χ0v) is 24.5. The third-order valence-corrected chi connectivity index (χ3v) is 12.8. The fourth-order valence-corrected chi connectivity index (χ4v) is 9.82. The van der Waals surface area contributed by atoms with E-state index in [0.29, 0.717) is 17.8 Å². The van der Waals surface area contributed by atoms with Crippen LogP contribution in [-0.2, 0) is 4.79 Å². The number of hydrogen-bond donors (Lipinski definition) is 2. The molecule has 0 aromatic heterocycles. The highest BCUT2D eigenvalue weighted by Crippen LogP contribution is 2.69. The predicted molar refractivity (Wildman–Crippen MR) is 146 cm³/mol. The van der Waals surface area contributed by atoms with E-state index >= 15 is 0 Å². The smallest absolute Gasteiger partial charge is 0.309 e. The average molecular weight is 489 g/mol. The molecule has 3 aliphatic carbocycles. The molecule has 3 heteroatoms. The van der Waals surface area contributed by atoms with Crippen molar-refractivity contribution in [3.05, 3.63) is 12.2 Å². The number of carboxylic acid groups (broad SMARTS) is 1. The van der Waals surface area contributed by atoms with Gasteiger partial charge in [0.1, 0.15) is 0 Å². The molecule has 8 atom stereocenters. The quantitative estimate of drug-likeness (QED) is 0.337. The summed E-state index contributed by atoms with van der Waals surface area (Å²) in [6.07, 6.45) is 9.98. The fraction of sp³-hybridized carbons (Fsp3) is 0.906. The molecule has 0 aromatic carbocycles. The summed E-state index contributed by atoms with van der Waals surface area (Å²) in [6.45, 7) is 25.3. The van der Waals surface area contributed by atoms with E-state index in [-0.39, 0.29) is 33.7 Å². The lowest BCUT2D eigenvalue weighted by Gasteiger charge is -2.67. The molecular weight excluding hydrogens is 432 g/mol. The number of hydrogen-bond acceptors (Lipinski definition) is 2. The van der Waals surface area contributed by atoms with Crippen molar-refractivity contribution in [1.82, 2.24) is 0 Å². The van der Waals surface area contributed by atoms with E-state index in [1.165, 1.54) is 25.7 Å². The second-order valence-electron chi connectivity index (χ2n) is 14.9. The molecule has 0 saturated heterocycles. The molecular formula is C32H56O3. The minimum atomic E-state index is -0.629. The van der Waals surface area contributed by atoms with Crippen molar-refractivity contribution in [1.29, 1.82) is 0 Å². The van der Waals surface area contributed by atoms with E-state index in [1.54, 1.807) is 0 Å². The summed E-state index contributed by atoms with van der Waals surface area (Å²) in [5, 5.41) is 21.4. The molecule has 35 heavy (non-hydrogen) atoms. The van der Waals surface area contributed by atoms with Crippen LogP contribution in [0.5, 0.6) is 0 Å². The summed E-state index contributed by atoms with van der Waals surface area (Å²) in [5.74, 6) is 0.990. The number of fused-ring (bicyclic) bond motifs is 1. The maximum absolute atomic E-state index is 12.7. The lowest BCUT2D eigenvalue weighted by molar-refractivity contribution is -0.198. The lowest BCUT2D eigenvalue weighted by atomic mass is 9.38. The summed E-state index contributed by atoms with van der Waals surface area (Å²) < 4.78 is 0. The molecule has 0 unspecified atom stereocenters. The minimum Gasteiger partial charge on any atom is -0.481 e. The molecule has 202 valence electrons. The normalized spacial score (nSPS) is 43.5. The van der Waals surface area contributed by atoms with Gasteiger partial charge in [-0.05, 0) is 110 Å². The fourth-order valence-electron chi connectivity index (χ4n) is 9.82. The highest BCUT2D eigenvalue weighted by molar-refractivity contribution is 5.75. The predicted octanol–water partition coefficient (Wildman–Crippen LogP) is 8.51. The molecule has 3 rings (SSSR count). The Morgan fingerprint density at radius 3 is 2.20 bits per heavy atom. The topological polar surface area (TPSA) is 57.5 Å². The van der Waals surface area contributed by atoms with E-state index in [2.05, 4.69) is 68.9 Å². The molecule has 0 aliphatic heterocycles. The minimum absolute atomic E-state index is 0.0461. The first-order valence-electron chi connectivity index (χ1n) is 14.6. The van der Waals surface area contributed by atoms with Crippen molar-refractivity contribution in [3.8, 4) is 0 Å². The molecule has 3 fully saturated rings. The second-order valence-corrected chi connectivity index (χ2v) is 14.9. The second kappa shape index (κ2) is 9.48. The van der Waals surface area contributed by atoms with Crippen LogP contribution in [0, 0.1) is 50.7 Å². The number of aliphatic hydroxyl groups excluding tert-OH is 1. The molecule has 0 heterocycles. The maximum Gasteiger partial charge on any atom is 0.309 e. The summed E-state index contributed by atoms with van der Waals surface area (Å²) >= 11 is 0. The van der Waals surface area contributed by atoms with Gasteiger partial charge in [0.05, 0.1) is 11.5 Å². The van der Waals surface area contributed by atoms with Crippen LogP contribution < -0.4 is 0 Å². The molecule has 2 N–H and O–H groups in total. The summed E-state index contributed by atoms with van der Waals surface area (Å²) in [4.78, 5) is 12.7. The van der Waals surface area contributed by atoms with Crippen molar-refractivity contribution < 1.29 is 15.0 Å². The molecule has 3 aliphatic rings. The van der Waals surface area contributed by atoms with Crippen molar-refractivity contribution in [2.75, 3.05) is 0 Å². The molecule has 3 nitrogen and oxygen atoms in total. The molecule has 0 aromatic rings. The zero-order chi connectivity index (χ0) is 26.6. The molecule has 0 bridgehead atoms. The first kappa shape index (κ1) is 28.7. The Kier molecular flexibility index (Phi) is 7.78. The lowest BCUT2D eigenvalue weighted by Crippen LogP contribution is -2.61. The van der Waals surface area contributed by atoms with Gasteiger partial charge in [-0.2, -0.15) is 0 Å². The first-order valence-corrected chi connectivity index (χ1v) is 14.6. The number of carbonyl (C=O) groups is 1. The van der Waals surface area contributed by atoms with Crippen LogP contribution >= 0.6 is 0 Å². The van der Waals surface area contributed by atoms with Crippen LogP contribution in [0.25, 0.3) is 0 Å². The van der Waals surface area contributed by atoms with Crippen LogP contribution in [-0.4, -0.2) is 22.3 Å². The summed E-state index contributed by atoms with van der Waals surface area (Å²) in [6, 6.07) is 0. The van der Waals surface area contributed by atoms with Gasteiger partial charge < -0.3 is 10.2 Å². The third kappa shape index (κ3) is 4.34. The summed E-state index contributed by atoms with van der Waals surface area (Å²) in [7, 11) is 0. The van der Waals surface area contributed by atoms with E-state index < -0.39 is 11.4 Å². The van der Waals surface area contributed by atoms with Crippen LogP contribution in [0.1, 0.15) is 127 Å². The first-order chi connectivity index (χ1) is 16.0. The number of allylic oxidation sites excluding steroid dienone is 1. The number of aliphatic hydroxyl groups is 1. The standard InChI is InChI=1S/C32H56O3/c1-11-12-25-30(9)16-15-26(33)29(7,8)24(30)14-17-31(25,10)28(5,6)19-20-32(27(34)35)18-13-23(21(2)3)22(32)4/h22-26,33H,2,11-20H2,1,3-10H3,(H,34,35)/t22-,23-,24-,25+,26-,30-,31+,32-/m0/s1. The Morgan fingerprint density at radius 1 is 1.06 bits per heavy atom. The Hall–Kier alpha value is -0.830. The van der Waals surface area contributed by atoms with Crippen molar-refractivity contribution in [2.24, 2.45) is 50.7 Å². The van der Waals surface area contributed by atoms with Gasteiger partial charge in [-0.1, -0.05) is 74.0 Å². The summed E-state index contributed by atoms with van der Waals surface area (Å²) in [5.41, 5.74) is 0.888. The highest BCUT2D eigenvalue weighted by Gasteiger charge is 2.63. The van der Waals surface area contributed by atoms with Gasteiger partial charge in [-0.25, -0.2) is 0 Å². The van der Waals surface area contributed by atoms with Crippen LogP contribution in [0.4, 0.5) is 0 Å². The average Bonchev–Trinajstić information content (AvgIpc) is 3.10. The largest absolute Gasteiger partial charge is 0.481 e. The highest BCUT2D eigenvalue weighted by atomic mass is 16.4. The van der Waals surface area contributed by atoms with Gasteiger partial charge in [0.15, 0.2) is 0 Å². The molecule has 3 saturated carbocycles. The Bertz CT molecular complexity index is 812. The van der Waals surface area contributed by atoms with E-state index in [1.807, 2.05) is 0 Å². The number of carboxylic acids is 1. The van der Waals surface area contributed by atoms with Gasteiger partial charge in [-0.15, -0.1) is 0 Å². The van der Waals surface area contributed by atoms with Gasteiger partial charge in [-0.3, -0.25) is 4.79 Å². The molecule has 0 spiro atoms. The van der Waals surface area contributed by atoms with E-state index in [0.717, 1.165) is 44.1 Å². The third-order valence-electron chi connectivity index (χ3n) is 12.8. The van der Waals surface area contributed by atoms with Gasteiger partial charge in [0, 0.05) is 0 Å². The Labute approximate surface area is 216 Å². The Morgan fingerprint density at radius 2 is 1.69 bits per heavy atom. The van der Waals surface area contributed by atoms with Gasteiger partial charge in [0.2, 0.25) is 0 Å². The maximum atomic E-state index is 12.7. The van der Waals surface area contributed by atoms with Crippen molar-refractivity contribution >= 4 is 5.97 Å². The van der Waals surface area contributed by atoms with Crippen LogP contribution in [0.3, 0.4) is 0 Å². The van der Waals surface area contributed by atoms with Gasteiger partial charge >= 0.3 is 5.97 Å². The monoisotopic (exact) mass is 488 g/mol. The molecule has 0 amide bonds. The molecule has 0 radical (unpaired) electrons. The van der Waals surface area contributed by atoms with Crippen LogP contribution in [0.15, 0.2) is 12.2 Å². The van der Waals surface area contributed by atoms with Crippen molar-refractivity contribution in [3.63, 3.8) is 0 Å². The zero-order valence-electron chi connectivity index (χ0n) is 24.5. The van der Waals surface area contributed by atoms with Crippen LogP contribution in [0.2, 0.25) is 0 Å². The Balaban J connectivity index is 1.92. The number of rotatable bonds is 8. The van der Waals surface area contributed by atoms with Gasteiger partial charge in [0.25, 0.3) is 0 Å². The number of aliphatic carboxylic acids is 1. The SMILES string of the molecule is C=C(C)[C@@H]1CC[C@@](CCC(C)(C)[C@]2(C)CC[C@H]3C(C)(C)[C@@H](O)CC[C@]3(C)[C@H]2CCC)(C(=O)O)[C@H]1C. The van der Waals surface area contributed by atoms with Crippen molar-refractivity contribution in [2.45, 2.75) is 133 Å². The van der Waals surface area contributed by atoms with E-state index in [9.17, 15) is 15.0 Å².